The van der Waals surface area contributed by atoms with Gasteiger partial charge in [0, 0.05) is 18.0 Å². The molecule has 0 spiro atoms. The van der Waals surface area contributed by atoms with Gasteiger partial charge in [-0.05, 0) is 43.9 Å². The zero-order valence-corrected chi connectivity index (χ0v) is 14.6. The normalized spacial score (nSPS) is 19.6. The molecule has 2 atom stereocenters. The van der Waals surface area contributed by atoms with Crippen molar-refractivity contribution in [3.8, 4) is 11.5 Å². The van der Waals surface area contributed by atoms with Gasteiger partial charge >= 0.3 is 0 Å². The number of nitrogens with zero attached hydrogens (tertiary/aromatic N) is 1. The molecule has 0 unspecified atom stereocenters. The number of methoxy groups -OCH3 is 2. The number of hydrogen-bond acceptors (Lipinski definition) is 4. The lowest BCUT2D eigenvalue weighted by atomic mass is 10.0. The zero-order valence-electron chi connectivity index (χ0n) is 13.8. The second-order valence-electron chi connectivity index (χ2n) is 5.81. The molecule has 1 saturated heterocycles. The van der Waals surface area contributed by atoms with E-state index in [0.29, 0.717) is 17.4 Å². The van der Waals surface area contributed by atoms with Crippen LogP contribution in [0.25, 0.3) is 0 Å². The van der Waals surface area contributed by atoms with Gasteiger partial charge in [0.15, 0.2) is 11.5 Å². The molecule has 1 fully saturated rings. The van der Waals surface area contributed by atoms with Crippen LogP contribution >= 0.6 is 11.8 Å². The van der Waals surface area contributed by atoms with Gasteiger partial charge in [-0.2, -0.15) is 0 Å². The zero-order chi connectivity index (χ0) is 16.1. The Morgan fingerprint density at radius 2 is 2.05 bits per heavy atom. The van der Waals surface area contributed by atoms with Crippen LogP contribution in [0.15, 0.2) is 23.1 Å². The van der Waals surface area contributed by atoms with Gasteiger partial charge in [-0.3, -0.25) is 4.79 Å². The van der Waals surface area contributed by atoms with Crippen LogP contribution in [0.2, 0.25) is 0 Å². The first-order valence-corrected chi connectivity index (χ1v) is 8.60. The minimum atomic E-state index is -0.0941. The molecule has 0 bridgehead atoms. The number of likely N-dealkylation sites (tertiary alicyclic amines) is 1. The fraction of sp³-hybridized carbons (Fsp3) is 0.588. The van der Waals surface area contributed by atoms with Crippen molar-refractivity contribution in [2.45, 2.75) is 36.8 Å². The predicted octanol–water partition coefficient (Wildman–Crippen LogP) is 3.44. The van der Waals surface area contributed by atoms with Crippen molar-refractivity contribution < 1.29 is 14.3 Å². The summed E-state index contributed by atoms with van der Waals surface area (Å²) in [5, 5.41) is -0.0941. The van der Waals surface area contributed by atoms with E-state index in [1.54, 1.807) is 26.0 Å². The van der Waals surface area contributed by atoms with Gasteiger partial charge < -0.3 is 14.4 Å². The number of amides is 1. The number of benzene rings is 1. The van der Waals surface area contributed by atoms with Crippen LogP contribution in [0.5, 0.6) is 11.5 Å². The third-order valence-corrected chi connectivity index (χ3v) is 5.07. The van der Waals surface area contributed by atoms with E-state index in [-0.39, 0.29) is 11.2 Å². The largest absolute Gasteiger partial charge is 0.493 e. The Morgan fingerprint density at radius 1 is 1.32 bits per heavy atom. The van der Waals surface area contributed by atoms with Gasteiger partial charge in [-0.25, -0.2) is 0 Å². The molecular formula is C17H25NO3S. The molecule has 2 rings (SSSR count). The van der Waals surface area contributed by atoms with E-state index in [9.17, 15) is 4.79 Å². The first-order chi connectivity index (χ1) is 10.5. The maximum Gasteiger partial charge on any atom is 0.235 e. The molecule has 1 aliphatic heterocycles. The maximum atomic E-state index is 12.6. The van der Waals surface area contributed by atoms with Gasteiger partial charge in [0.25, 0.3) is 0 Å². The third-order valence-electron chi connectivity index (χ3n) is 3.98. The second-order valence-corrected chi connectivity index (χ2v) is 7.22. The van der Waals surface area contributed by atoms with E-state index >= 15 is 0 Å². The van der Waals surface area contributed by atoms with Crippen molar-refractivity contribution in [3.05, 3.63) is 18.2 Å². The number of ether oxygens (including phenoxy) is 2. The smallest absolute Gasteiger partial charge is 0.235 e. The van der Waals surface area contributed by atoms with Gasteiger partial charge in [0.1, 0.15) is 0 Å². The quantitative estimate of drug-likeness (QED) is 0.778. The molecule has 1 amide bonds. The Kier molecular flexibility index (Phi) is 6.00. The van der Waals surface area contributed by atoms with Crippen LogP contribution in [-0.4, -0.2) is 43.4 Å². The Balaban J connectivity index is 2.01. The predicted molar refractivity (Wildman–Crippen MR) is 89.8 cm³/mol. The Labute approximate surface area is 137 Å². The summed E-state index contributed by atoms with van der Waals surface area (Å²) in [6.07, 6.45) is 2.33. The minimum absolute atomic E-state index is 0.0941. The number of hydrogen-bond donors (Lipinski definition) is 0. The average molecular weight is 323 g/mol. The summed E-state index contributed by atoms with van der Waals surface area (Å²) in [6, 6.07) is 5.77. The first kappa shape index (κ1) is 17.0. The average Bonchev–Trinajstić information content (AvgIpc) is 2.53. The number of rotatable bonds is 5. The monoisotopic (exact) mass is 323 g/mol. The highest BCUT2D eigenvalue weighted by atomic mass is 32.2. The highest BCUT2D eigenvalue weighted by Crippen LogP contribution is 2.34. The van der Waals surface area contributed by atoms with Crippen LogP contribution in [-0.2, 0) is 4.79 Å². The maximum absolute atomic E-state index is 12.6. The highest BCUT2D eigenvalue weighted by Gasteiger charge is 2.25. The lowest BCUT2D eigenvalue weighted by Crippen LogP contribution is -2.42. The van der Waals surface area contributed by atoms with Crippen molar-refractivity contribution >= 4 is 17.7 Å². The Bertz CT molecular complexity index is 521. The van der Waals surface area contributed by atoms with E-state index in [4.69, 9.17) is 9.47 Å². The van der Waals surface area contributed by atoms with Crippen molar-refractivity contribution in [2.24, 2.45) is 5.92 Å². The van der Waals surface area contributed by atoms with Gasteiger partial charge in [0.2, 0.25) is 5.91 Å². The molecule has 0 radical (unpaired) electrons. The SMILES string of the molecule is COc1ccc(S[C@H](C)C(=O)N2CCC[C@H](C)C2)cc1OC. The van der Waals surface area contributed by atoms with E-state index in [1.807, 2.05) is 30.0 Å². The van der Waals surface area contributed by atoms with E-state index < -0.39 is 0 Å². The van der Waals surface area contributed by atoms with Crippen LogP contribution in [0.4, 0.5) is 0 Å². The molecule has 1 aliphatic rings. The summed E-state index contributed by atoms with van der Waals surface area (Å²) in [5.41, 5.74) is 0. The molecule has 0 aliphatic carbocycles. The topological polar surface area (TPSA) is 38.8 Å². The summed E-state index contributed by atoms with van der Waals surface area (Å²) in [6.45, 7) is 5.96. The van der Waals surface area contributed by atoms with E-state index in [0.717, 1.165) is 24.4 Å². The highest BCUT2D eigenvalue weighted by molar-refractivity contribution is 8.00. The van der Waals surface area contributed by atoms with Gasteiger partial charge in [-0.15, -0.1) is 11.8 Å². The molecule has 1 aromatic rings. The molecule has 1 heterocycles. The third kappa shape index (κ3) is 4.09. The summed E-state index contributed by atoms with van der Waals surface area (Å²) < 4.78 is 10.6. The Morgan fingerprint density at radius 3 is 2.68 bits per heavy atom. The summed E-state index contributed by atoms with van der Waals surface area (Å²) in [5.74, 6) is 2.23. The number of carbonyl (C=O) groups excluding carboxylic acids is 1. The first-order valence-electron chi connectivity index (χ1n) is 7.72. The molecular weight excluding hydrogens is 298 g/mol. The molecule has 22 heavy (non-hydrogen) atoms. The summed E-state index contributed by atoms with van der Waals surface area (Å²) >= 11 is 1.57. The molecule has 122 valence electrons. The van der Waals surface area contributed by atoms with Crippen LogP contribution < -0.4 is 9.47 Å². The summed E-state index contributed by atoms with van der Waals surface area (Å²) in [7, 11) is 3.24. The molecule has 0 N–H and O–H groups in total. The lowest BCUT2D eigenvalue weighted by Gasteiger charge is -2.32. The standard InChI is InChI=1S/C17H25NO3S/c1-12-6-5-9-18(11-12)17(19)13(2)22-14-7-8-15(20-3)16(10-14)21-4/h7-8,10,12-13H,5-6,9,11H2,1-4H3/t12-,13+/m0/s1. The Hall–Kier alpha value is -1.36. The van der Waals surface area contributed by atoms with Crippen molar-refractivity contribution in [1.29, 1.82) is 0 Å². The van der Waals surface area contributed by atoms with Crippen molar-refractivity contribution in [3.63, 3.8) is 0 Å². The fourth-order valence-electron chi connectivity index (χ4n) is 2.79. The molecule has 1 aromatic carbocycles. The van der Waals surface area contributed by atoms with Gasteiger partial charge in [0.05, 0.1) is 19.5 Å². The molecule has 0 aromatic heterocycles. The van der Waals surface area contributed by atoms with E-state index in [2.05, 4.69) is 6.92 Å². The lowest BCUT2D eigenvalue weighted by molar-refractivity contribution is -0.131. The van der Waals surface area contributed by atoms with Crippen LogP contribution in [0, 0.1) is 5.92 Å². The van der Waals surface area contributed by atoms with Gasteiger partial charge in [-0.1, -0.05) is 6.92 Å². The second kappa shape index (κ2) is 7.77. The van der Waals surface area contributed by atoms with Crippen LogP contribution in [0.3, 0.4) is 0 Å². The molecule has 5 heteroatoms. The molecule has 0 saturated carbocycles. The molecule has 4 nitrogen and oxygen atoms in total. The van der Waals surface area contributed by atoms with Crippen LogP contribution in [0.1, 0.15) is 26.7 Å². The van der Waals surface area contributed by atoms with Crippen molar-refractivity contribution in [2.75, 3.05) is 27.3 Å². The van der Waals surface area contributed by atoms with E-state index in [1.165, 1.54) is 6.42 Å². The fourth-order valence-corrected chi connectivity index (χ4v) is 3.77. The number of thioether (sulfide) groups is 1. The van der Waals surface area contributed by atoms with Crippen molar-refractivity contribution in [1.82, 2.24) is 4.90 Å². The number of carbonyl (C=O) groups is 1. The number of piperidine rings is 1. The summed E-state index contributed by atoms with van der Waals surface area (Å²) in [4.78, 5) is 15.6. The minimum Gasteiger partial charge on any atom is -0.493 e.